The van der Waals surface area contributed by atoms with Crippen LogP contribution in [-0.4, -0.2) is 13.2 Å². The first-order valence-corrected chi connectivity index (χ1v) is 5.95. The van der Waals surface area contributed by atoms with Crippen molar-refractivity contribution < 1.29 is 4.74 Å². The van der Waals surface area contributed by atoms with E-state index in [1.165, 1.54) is 11.1 Å². The molecule has 0 amide bonds. The highest BCUT2D eigenvalue weighted by Gasteiger charge is 2.09. The van der Waals surface area contributed by atoms with Crippen molar-refractivity contribution in [3.63, 3.8) is 0 Å². The normalized spacial score (nSPS) is 13.4. The summed E-state index contributed by atoms with van der Waals surface area (Å²) >= 11 is 0. The zero-order chi connectivity index (χ0) is 11.5. The van der Waals surface area contributed by atoms with Gasteiger partial charge in [0, 0.05) is 6.54 Å². The second kappa shape index (κ2) is 4.50. The molecule has 0 unspecified atom stereocenters. The summed E-state index contributed by atoms with van der Waals surface area (Å²) in [7, 11) is 0. The van der Waals surface area contributed by atoms with Crippen LogP contribution >= 0.6 is 0 Å². The van der Waals surface area contributed by atoms with E-state index < -0.39 is 0 Å². The molecule has 0 fully saturated rings. The molecule has 17 heavy (non-hydrogen) atoms. The van der Waals surface area contributed by atoms with Gasteiger partial charge in [-0.2, -0.15) is 0 Å². The second-order valence-electron chi connectivity index (χ2n) is 4.27. The van der Waals surface area contributed by atoms with Crippen LogP contribution in [0.5, 0.6) is 5.75 Å². The highest BCUT2D eigenvalue weighted by molar-refractivity contribution is 5.59. The van der Waals surface area contributed by atoms with Gasteiger partial charge in [0.05, 0.1) is 5.69 Å². The van der Waals surface area contributed by atoms with Crippen molar-refractivity contribution >= 4 is 5.69 Å². The number of nitrogens with one attached hydrogen (secondary N) is 1. The molecule has 2 nitrogen and oxygen atoms in total. The molecule has 0 bridgehead atoms. The lowest BCUT2D eigenvalue weighted by Gasteiger charge is -2.19. The van der Waals surface area contributed by atoms with Gasteiger partial charge in [0.25, 0.3) is 0 Å². The molecule has 0 atom stereocenters. The summed E-state index contributed by atoms with van der Waals surface area (Å²) in [6.07, 6.45) is 0.968. The molecular formula is C15H15NO. The van der Waals surface area contributed by atoms with Crippen LogP contribution in [0.2, 0.25) is 0 Å². The van der Waals surface area contributed by atoms with E-state index in [1.807, 2.05) is 6.07 Å². The largest absolute Gasteiger partial charge is 0.490 e. The fourth-order valence-electron chi connectivity index (χ4n) is 2.13. The van der Waals surface area contributed by atoms with Gasteiger partial charge < -0.3 is 10.1 Å². The van der Waals surface area contributed by atoms with E-state index in [2.05, 4.69) is 47.8 Å². The van der Waals surface area contributed by atoms with Crippen LogP contribution in [0.15, 0.2) is 48.5 Å². The number of rotatable bonds is 2. The summed E-state index contributed by atoms with van der Waals surface area (Å²) in [6.45, 7) is 1.65. The summed E-state index contributed by atoms with van der Waals surface area (Å²) in [6, 6.07) is 16.9. The Hall–Kier alpha value is -1.96. The number of benzene rings is 2. The summed E-state index contributed by atoms with van der Waals surface area (Å²) in [5.41, 5.74) is 3.77. The average molecular weight is 225 g/mol. The van der Waals surface area contributed by atoms with Crippen LogP contribution in [0, 0.1) is 0 Å². The Balaban J connectivity index is 1.84. The van der Waals surface area contributed by atoms with Gasteiger partial charge in [0.1, 0.15) is 12.4 Å². The van der Waals surface area contributed by atoms with E-state index in [0.29, 0.717) is 0 Å². The van der Waals surface area contributed by atoms with Gasteiger partial charge in [-0.05, 0) is 29.7 Å². The summed E-state index contributed by atoms with van der Waals surface area (Å²) in [5, 5.41) is 3.36. The van der Waals surface area contributed by atoms with E-state index in [0.717, 1.165) is 31.0 Å². The van der Waals surface area contributed by atoms with E-state index >= 15 is 0 Å². The topological polar surface area (TPSA) is 21.3 Å². The molecule has 1 aliphatic heterocycles. The predicted molar refractivity (Wildman–Crippen MR) is 69.7 cm³/mol. The smallest absolute Gasteiger partial charge is 0.142 e. The van der Waals surface area contributed by atoms with Crippen LogP contribution in [-0.2, 0) is 6.42 Å². The minimum absolute atomic E-state index is 0.755. The van der Waals surface area contributed by atoms with Gasteiger partial charge >= 0.3 is 0 Å². The first-order valence-electron chi connectivity index (χ1n) is 5.95. The Labute approximate surface area is 101 Å². The minimum Gasteiger partial charge on any atom is -0.490 e. The molecule has 0 saturated heterocycles. The molecule has 1 heterocycles. The van der Waals surface area contributed by atoms with Crippen LogP contribution in [0.3, 0.4) is 0 Å². The Morgan fingerprint density at radius 3 is 2.76 bits per heavy atom. The molecule has 0 aromatic heterocycles. The standard InChI is InChI=1S/C15H15NO/c1-2-4-12(5-3-1)10-13-6-7-15-14(11-13)16-8-9-17-15/h1-7,11,16H,8-10H2. The molecular weight excluding hydrogens is 210 g/mol. The number of hydrogen-bond donors (Lipinski definition) is 1. The highest BCUT2D eigenvalue weighted by Crippen LogP contribution is 2.28. The van der Waals surface area contributed by atoms with Crippen molar-refractivity contribution in [1.29, 1.82) is 0 Å². The Morgan fingerprint density at radius 2 is 1.88 bits per heavy atom. The van der Waals surface area contributed by atoms with Gasteiger partial charge in [0.15, 0.2) is 0 Å². The first-order chi connectivity index (χ1) is 8.42. The first kappa shape index (κ1) is 10.2. The van der Waals surface area contributed by atoms with Crippen LogP contribution < -0.4 is 10.1 Å². The van der Waals surface area contributed by atoms with Crippen molar-refractivity contribution in [3.05, 3.63) is 59.7 Å². The molecule has 86 valence electrons. The van der Waals surface area contributed by atoms with Crippen molar-refractivity contribution in [3.8, 4) is 5.75 Å². The Bertz CT molecular complexity index is 508. The maximum Gasteiger partial charge on any atom is 0.142 e. The summed E-state index contributed by atoms with van der Waals surface area (Å²) in [4.78, 5) is 0. The molecule has 2 aromatic carbocycles. The van der Waals surface area contributed by atoms with Crippen molar-refractivity contribution in [1.82, 2.24) is 0 Å². The molecule has 0 saturated carbocycles. The number of hydrogen-bond acceptors (Lipinski definition) is 2. The van der Waals surface area contributed by atoms with Gasteiger partial charge in [0.2, 0.25) is 0 Å². The molecule has 3 rings (SSSR count). The quantitative estimate of drug-likeness (QED) is 0.848. The van der Waals surface area contributed by atoms with Crippen LogP contribution in [0.25, 0.3) is 0 Å². The Morgan fingerprint density at radius 1 is 1.00 bits per heavy atom. The molecule has 2 aromatic rings. The lowest BCUT2D eigenvalue weighted by molar-refractivity contribution is 0.323. The molecule has 0 spiro atoms. The monoisotopic (exact) mass is 225 g/mol. The molecule has 1 aliphatic rings. The highest BCUT2D eigenvalue weighted by atomic mass is 16.5. The SMILES string of the molecule is c1ccc(Cc2ccc3c(c2)NCCO3)cc1. The fourth-order valence-corrected chi connectivity index (χ4v) is 2.13. The van der Waals surface area contributed by atoms with Gasteiger partial charge in [-0.3, -0.25) is 0 Å². The maximum atomic E-state index is 5.57. The Kier molecular flexibility index (Phi) is 2.70. The number of ether oxygens (including phenoxy) is 1. The van der Waals surface area contributed by atoms with Crippen LogP contribution in [0.1, 0.15) is 11.1 Å². The van der Waals surface area contributed by atoms with Gasteiger partial charge in [-0.25, -0.2) is 0 Å². The minimum atomic E-state index is 0.755. The molecule has 1 N–H and O–H groups in total. The number of fused-ring (bicyclic) bond motifs is 1. The van der Waals surface area contributed by atoms with Gasteiger partial charge in [-0.1, -0.05) is 36.4 Å². The third-order valence-electron chi connectivity index (χ3n) is 2.97. The lowest BCUT2D eigenvalue weighted by atomic mass is 10.0. The van der Waals surface area contributed by atoms with E-state index in [9.17, 15) is 0 Å². The molecule has 2 heteroatoms. The van der Waals surface area contributed by atoms with Gasteiger partial charge in [-0.15, -0.1) is 0 Å². The molecule has 0 radical (unpaired) electrons. The lowest BCUT2D eigenvalue weighted by Crippen LogP contribution is -2.18. The van der Waals surface area contributed by atoms with Crippen molar-refractivity contribution in [2.24, 2.45) is 0 Å². The number of anilines is 1. The third kappa shape index (κ3) is 2.26. The third-order valence-corrected chi connectivity index (χ3v) is 2.97. The summed E-state index contributed by atoms with van der Waals surface area (Å²) < 4.78 is 5.57. The average Bonchev–Trinajstić information content (AvgIpc) is 2.40. The zero-order valence-electron chi connectivity index (χ0n) is 9.65. The predicted octanol–water partition coefficient (Wildman–Crippen LogP) is 3.08. The summed E-state index contributed by atoms with van der Waals surface area (Å²) in [5.74, 6) is 0.966. The fraction of sp³-hybridized carbons (Fsp3) is 0.200. The van der Waals surface area contributed by atoms with Crippen molar-refractivity contribution in [2.75, 3.05) is 18.5 Å². The van der Waals surface area contributed by atoms with Crippen LogP contribution in [0.4, 0.5) is 5.69 Å². The molecule has 0 aliphatic carbocycles. The van der Waals surface area contributed by atoms with Crippen molar-refractivity contribution in [2.45, 2.75) is 6.42 Å². The zero-order valence-corrected chi connectivity index (χ0v) is 9.65. The van der Waals surface area contributed by atoms with E-state index in [-0.39, 0.29) is 0 Å². The second-order valence-corrected chi connectivity index (χ2v) is 4.27. The maximum absolute atomic E-state index is 5.57. The van der Waals surface area contributed by atoms with E-state index in [1.54, 1.807) is 0 Å². The van der Waals surface area contributed by atoms with E-state index in [4.69, 9.17) is 4.74 Å².